The number of benzene rings is 2. The van der Waals surface area contributed by atoms with Gasteiger partial charge in [0.15, 0.2) is 0 Å². The Bertz CT molecular complexity index is 975. The van der Waals surface area contributed by atoms with E-state index in [0.29, 0.717) is 18.2 Å². The lowest BCUT2D eigenvalue weighted by molar-refractivity contribution is 0.301. The third-order valence-electron chi connectivity index (χ3n) is 4.35. The van der Waals surface area contributed by atoms with Gasteiger partial charge in [0.1, 0.15) is 12.4 Å². The van der Waals surface area contributed by atoms with Gasteiger partial charge in [0, 0.05) is 16.2 Å². The zero-order valence-corrected chi connectivity index (χ0v) is 15.9. The summed E-state index contributed by atoms with van der Waals surface area (Å²) in [4.78, 5) is 12.2. The van der Waals surface area contributed by atoms with Crippen LogP contribution in [-0.2, 0) is 13.7 Å². The molecule has 0 unspecified atom stereocenters. The van der Waals surface area contributed by atoms with Crippen LogP contribution in [0.2, 0.25) is 0 Å². The fourth-order valence-electron chi connectivity index (χ4n) is 2.85. The number of ether oxygens (including phenoxy) is 1. The Balaban J connectivity index is 1.67. The van der Waals surface area contributed by atoms with Crippen LogP contribution in [0, 0.1) is 3.57 Å². The van der Waals surface area contributed by atoms with Gasteiger partial charge >= 0.3 is 5.69 Å². The molecule has 1 saturated carbocycles. The molecule has 6 nitrogen and oxygen atoms in total. The molecule has 7 heteroatoms. The van der Waals surface area contributed by atoms with Crippen molar-refractivity contribution in [3.8, 4) is 11.4 Å². The Morgan fingerprint density at radius 3 is 2.68 bits per heavy atom. The molecular weight excluding hydrogens is 431 g/mol. The summed E-state index contributed by atoms with van der Waals surface area (Å²) in [6.45, 7) is 0.376. The highest BCUT2D eigenvalue weighted by Gasteiger charge is 2.26. The normalized spacial score (nSPS) is 13.8. The molecule has 0 aliphatic heterocycles. The molecule has 1 heterocycles. The molecule has 0 atom stereocenters. The first-order chi connectivity index (χ1) is 12.1. The van der Waals surface area contributed by atoms with Crippen LogP contribution in [0.25, 0.3) is 5.69 Å². The molecule has 128 valence electrons. The van der Waals surface area contributed by atoms with Gasteiger partial charge in [-0.3, -0.25) is 0 Å². The SMILES string of the molecule is Cn1nnn(-c2cccc(I)c2COc2ccccc2C2CC2)c1=O. The first-order valence-corrected chi connectivity index (χ1v) is 9.21. The monoisotopic (exact) mass is 448 g/mol. The van der Waals surface area contributed by atoms with Gasteiger partial charge < -0.3 is 4.74 Å². The van der Waals surface area contributed by atoms with Gasteiger partial charge in [-0.1, -0.05) is 24.3 Å². The lowest BCUT2D eigenvalue weighted by Gasteiger charge is -2.14. The molecule has 0 saturated heterocycles. The maximum Gasteiger partial charge on any atom is 0.368 e. The van der Waals surface area contributed by atoms with Gasteiger partial charge in [-0.15, -0.1) is 0 Å². The van der Waals surface area contributed by atoms with Crippen molar-refractivity contribution in [1.29, 1.82) is 0 Å². The van der Waals surface area contributed by atoms with Crippen LogP contribution >= 0.6 is 22.6 Å². The van der Waals surface area contributed by atoms with Crippen LogP contribution in [0.3, 0.4) is 0 Å². The Kier molecular flexibility index (Phi) is 4.32. The maximum absolute atomic E-state index is 12.2. The standard InChI is InChI=1S/C18H17IN4O2/c1-22-18(24)23(21-20-22)16-7-4-6-15(19)14(16)11-25-17-8-3-2-5-13(17)12-9-10-12/h2-8,12H,9-11H2,1H3. The molecule has 1 aromatic heterocycles. The fraction of sp³-hybridized carbons (Fsp3) is 0.278. The number of halogens is 1. The molecular formula is C18H17IN4O2. The molecule has 1 aliphatic carbocycles. The smallest absolute Gasteiger partial charge is 0.368 e. The Morgan fingerprint density at radius 2 is 1.96 bits per heavy atom. The second-order valence-electron chi connectivity index (χ2n) is 6.14. The summed E-state index contributed by atoms with van der Waals surface area (Å²) in [6.07, 6.45) is 2.45. The van der Waals surface area contributed by atoms with Crippen LogP contribution in [0.5, 0.6) is 5.75 Å². The Morgan fingerprint density at radius 1 is 1.16 bits per heavy atom. The molecule has 4 rings (SSSR count). The van der Waals surface area contributed by atoms with Crippen LogP contribution in [0.4, 0.5) is 0 Å². The summed E-state index contributed by atoms with van der Waals surface area (Å²) in [5.74, 6) is 1.54. The molecule has 0 amide bonds. The minimum Gasteiger partial charge on any atom is -0.488 e. The van der Waals surface area contributed by atoms with E-state index in [4.69, 9.17) is 4.74 Å². The van der Waals surface area contributed by atoms with E-state index >= 15 is 0 Å². The molecule has 1 fully saturated rings. The van der Waals surface area contributed by atoms with E-state index in [9.17, 15) is 4.79 Å². The third kappa shape index (κ3) is 3.20. The highest BCUT2D eigenvalue weighted by molar-refractivity contribution is 14.1. The average molecular weight is 448 g/mol. The van der Waals surface area contributed by atoms with Gasteiger partial charge in [-0.05, 0) is 75.5 Å². The van der Waals surface area contributed by atoms with Crippen molar-refractivity contribution < 1.29 is 4.74 Å². The van der Waals surface area contributed by atoms with Crippen molar-refractivity contribution in [2.24, 2.45) is 7.05 Å². The molecule has 0 bridgehead atoms. The number of para-hydroxylation sites is 1. The average Bonchev–Trinajstić information content (AvgIpc) is 3.41. The summed E-state index contributed by atoms with van der Waals surface area (Å²) >= 11 is 2.26. The van der Waals surface area contributed by atoms with Crippen LogP contribution in [0.1, 0.15) is 29.9 Å². The minimum absolute atomic E-state index is 0.276. The van der Waals surface area contributed by atoms with E-state index in [-0.39, 0.29) is 5.69 Å². The minimum atomic E-state index is -0.276. The van der Waals surface area contributed by atoms with E-state index in [1.165, 1.54) is 27.8 Å². The second kappa shape index (κ2) is 6.62. The van der Waals surface area contributed by atoms with Crippen molar-refractivity contribution in [2.45, 2.75) is 25.4 Å². The van der Waals surface area contributed by atoms with Crippen LogP contribution in [0.15, 0.2) is 47.3 Å². The lowest BCUT2D eigenvalue weighted by atomic mass is 10.1. The van der Waals surface area contributed by atoms with Crippen molar-refractivity contribution in [3.63, 3.8) is 0 Å². The molecule has 2 aromatic carbocycles. The second-order valence-corrected chi connectivity index (χ2v) is 7.30. The van der Waals surface area contributed by atoms with E-state index in [0.717, 1.165) is 14.9 Å². The summed E-state index contributed by atoms with van der Waals surface area (Å²) in [5, 5.41) is 7.76. The maximum atomic E-state index is 12.2. The van der Waals surface area contributed by atoms with Gasteiger partial charge in [0.2, 0.25) is 0 Å². The van der Waals surface area contributed by atoms with E-state index in [1.54, 1.807) is 7.05 Å². The van der Waals surface area contributed by atoms with Crippen molar-refractivity contribution in [3.05, 3.63) is 67.6 Å². The molecule has 1 aliphatic rings. The number of aromatic nitrogens is 4. The van der Waals surface area contributed by atoms with Gasteiger partial charge in [0.25, 0.3) is 0 Å². The zero-order valence-electron chi connectivity index (χ0n) is 13.7. The van der Waals surface area contributed by atoms with Gasteiger partial charge in [-0.25, -0.2) is 4.79 Å². The number of rotatable bonds is 5. The molecule has 0 N–H and O–H groups in total. The molecule has 0 radical (unpaired) electrons. The largest absolute Gasteiger partial charge is 0.488 e. The summed E-state index contributed by atoms with van der Waals surface area (Å²) in [5.41, 5.74) is 2.62. The quantitative estimate of drug-likeness (QED) is 0.564. The highest BCUT2D eigenvalue weighted by atomic mass is 127. The number of tetrazole rings is 1. The van der Waals surface area contributed by atoms with Crippen molar-refractivity contribution >= 4 is 22.6 Å². The highest BCUT2D eigenvalue weighted by Crippen LogP contribution is 2.44. The lowest BCUT2D eigenvalue weighted by Crippen LogP contribution is -2.23. The topological polar surface area (TPSA) is 61.9 Å². The van der Waals surface area contributed by atoms with Crippen molar-refractivity contribution in [1.82, 2.24) is 19.8 Å². The van der Waals surface area contributed by atoms with E-state index in [1.807, 2.05) is 30.3 Å². The predicted molar refractivity (Wildman–Crippen MR) is 102 cm³/mol. The van der Waals surface area contributed by atoms with E-state index in [2.05, 4.69) is 45.2 Å². The molecule has 0 spiro atoms. The number of hydrogen-bond acceptors (Lipinski definition) is 4. The zero-order chi connectivity index (χ0) is 17.4. The van der Waals surface area contributed by atoms with Gasteiger partial charge in [0.05, 0.1) is 5.69 Å². The fourth-order valence-corrected chi connectivity index (χ4v) is 3.49. The summed E-state index contributed by atoms with van der Waals surface area (Å²) in [7, 11) is 1.59. The molecule has 25 heavy (non-hydrogen) atoms. The third-order valence-corrected chi connectivity index (χ3v) is 5.36. The first-order valence-electron chi connectivity index (χ1n) is 8.13. The number of aryl methyl sites for hydroxylation is 1. The van der Waals surface area contributed by atoms with Crippen LogP contribution < -0.4 is 10.4 Å². The van der Waals surface area contributed by atoms with Crippen molar-refractivity contribution in [2.75, 3.05) is 0 Å². The Hall–Kier alpha value is -2.16. The van der Waals surface area contributed by atoms with Gasteiger partial charge in [-0.2, -0.15) is 9.36 Å². The first kappa shape index (κ1) is 16.3. The summed E-state index contributed by atoms with van der Waals surface area (Å²) in [6, 6.07) is 14.0. The Labute approximate surface area is 158 Å². The summed E-state index contributed by atoms with van der Waals surface area (Å²) < 4.78 is 9.69. The number of hydrogen-bond donors (Lipinski definition) is 0. The number of nitrogens with zero attached hydrogens (tertiary/aromatic N) is 4. The van der Waals surface area contributed by atoms with Crippen LogP contribution in [-0.4, -0.2) is 19.8 Å². The predicted octanol–water partition coefficient (Wildman–Crippen LogP) is 3.03. The molecule has 3 aromatic rings. The van der Waals surface area contributed by atoms with E-state index < -0.39 is 0 Å².